The molecule has 0 rings (SSSR count). The van der Waals surface area contributed by atoms with E-state index in [2.05, 4.69) is 4.74 Å². The van der Waals surface area contributed by atoms with Crippen LogP contribution in [0, 0.1) is 16.7 Å². The van der Waals surface area contributed by atoms with Crippen molar-refractivity contribution < 1.29 is 109 Å². The molecular formula is C30H41F15O9S. The Balaban J connectivity index is 0. The number of carboxylic acid groups (broad SMARTS) is 1. The van der Waals surface area contributed by atoms with Crippen LogP contribution < -0.4 is 0 Å². The molecule has 2 N–H and O–H groups in total. The second-order valence-corrected chi connectivity index (χ2v) is 14.2. The van der Waals surface area contributed by atoms with Gasteiger partial charge in [-0.15, -0.1) is 11.8 Å². The maximum atomic E-state index is 13.6. The van der Waals surface area contributed by atoms with E-state index >= 15 is 0 Å². The lowest BCUT2D eigenvalue weighted by Gasteiger charge is -2.41. The average Bonchev–Trinajstić information content (AvgIpc) is 3.04. The summed E-state index contributed by atoms with van der Waals surface area (Å²) in [6, 6.07) is 0. The van der Waals surface area contributed by atoms with Crippen LogP contribution in [-0.2, 0) is 33.4 Å². The Morgan fingerprint density at radius 2 is 1.00 bits per heavy atom. The summed E-state index contributed by atoms with van der Waals surface area (Å²) in [5.41, 5.74) is -2.02. The van der Waals surface area contributed by atoms with Crippen LogP contribution in [0.1, 0.15) is 67.7 Å². The quantitative estimate of drug-likeness (QED) is 0.0663. The van der Waals surface area contributed by atoms with Crippen molar-refractivity contribution in [2.75, 3.05) is 31.3 Å². The zero-order valence-corrected chi connectivity index (χ0v) is 31.0. The van der Waals surface area contributed by atoms with E-state index < -0.39 is 101 Å². The number of carboxylic acids is 1. The topological polar surface area (TPSA) is 136 Å². The predicted molar refractivity (Wildman–Crippen MR) is 162 cm³/mol. The summed E-state index contributed by atoms with van der Waals surface area (Å²) in [7, 11) is 0. The maximum absolute atomic E-state index is 13.6. The number of hydrogen-bond acceptors (Lipinski definition) is 9. The molecule has 0 aliphatic carbocycles. The first-order valence-electron chi connectivity index (χ1n) is 15.6. The number of esters is 3. The molecule has 0 spiro atoms. The smallest absolute Gasteiger partial charge is 0.460 e. The molecule has 0 radical (unpaired) electrons. The van der Waals surface area contributed by atoms with Crippen LogP contribution in [0.3, 0.4) is 0 Å². The lowest BCUT2D eigenvalue weighted by molar-refractivity contribution is -0.452. The number of aliphatic hydroxyl groups is 1. The highest BCUT2D eigenvalue weighted by Gasteiger charge is 2.93. The number of halogens is 15. The van der Waals surface area contributed by atoms with Crippen molar-refractivity contribution in [1.29, 1.82) is 0 Å². The van der Waals surface area contributed by atoms with Crippen molar-refractivity contribution in [1.82, 2.24) is 0 Å². The van der Waals surface area contributed by atoms with Gasteiger partial charge in [0, 0.05) is 5.75 Å². The van der Waals surface area contributed by atoms with Crippen LogP contribution >= 0.6 is 11.8 Å². The van der Waals surface area contributed by atoms with E-state index in [1.165, 1.54) is 20.8 Å². The van der Waals surface area contributed by atoms with Crippen LogP contribution in [0.5, 0.6) is 0 Å². The van der Waals surface area contributed by atoms with Crippen LogP contribution in [0.25, 0.3) is 0 Å². The van der Waals surface area contributed by atoms with Crippen molar-refractivity contribution in [3.8, 4) is 0 Å². The first-order chi connectivity index (χ1) is 24.3. The number of thioether (sulfide) groups is 1. The highest BCUT2D eigenvalue weighted by Crippen LogP contribution is 2.62. The Hall–Kier alpha value is -2.86. The van der Waals surface area contributed by atoms with Gasteiger partial charge in [0.2, 0.25) is 0 Å². The fourth-order valence-electron chi connectivity index (χ4n) is 2.95. The van der Waals surface area contributed by atoms with Gasteiger partial charge in [0.25, 0.3) is 0 Å². The molecule has 0 aromatic rings. The second-order valence-electron chi connectivity index (χ2n) is 13.1. The predicted octanol–water partition coefficient (Wildman–Crippen LogP) is 8.05. The minimum absolute atomic E-state index is 0.00694. The molecule has 326 valence electrons. The van der Waals surface area contributed by atoms with Crippen molar-refractivity contribution in [2.45, 2.75) is 116 Å². The Kier molecular flexibility index (Phi) is 19.3. The number of alkyl halides is 15. The lowest BCUT2D eigenvalue weighted by Crippen LogP contribution is -2.72. The van der Waals surface area contributed by atoms with Gasteiger partial charge in [-0.1, -0.05) is 20.8 Å². The van der Waals surface area contributed by atoms with E-state index in [0.717, 1.165) is 11.8 Å². The normalized spacial score (nSPS) is 15.0. The summed E-state index contributed by atoms with van der Waals surface area (Å²) < 4.78 is 209. The summed E-state index contributed by atoms with van der Waals surface area (Å²) in [6.45, 7) is 8.27. The highest BCUT2D eigenvalue weighted by atomic mass is 32.2. The molecule has 2 unspecified atom stereocenters. The van der Waals surface area contributed by atoms with Crippen LogP contribution in [0.15, 0.2) is 0 Å². The summed E-state index contributed by atoms with van der Waals surface area (Å²) in [4.78, 5) is 45.3. The molecule has 0 amide bonds. The Morgan fingerprint density at radius 1 is 0.618 bits per heavy atom. The van der Waals surface area contributed by atoms with Gasteiger partial charge in [-0.05, 0) is 40.5 Å². The molecular weight excluding hydrogens is 821 g/mol. The number of carbonyl (C=O) groups is 4. The van der Waals surface area contributed by atoms with Crippen LogP contribution in [0.4, 0.5) is 65.9 Å². The molecule has 0 saturated carbocycles. The van der Waals surface area contributed by atoms with E-state index in [4.69, 9.17) is 14.6 Å². The minimum Gasteiger partial charge on any atom is -0.481 e. The lowest BCUT2D eigenvalue weighted by atomic mass is 9.90. The molecule has 2 atom stereocenters. The molecule has 9 nitrogen and oxygen atoms in total. The summed E-state index contributed by atoms with van der Waals surface area (Å²) in [5, 5.41) is 18.3. The van der Waals surface area contributed by atoms with Crippen LogP contribution in [0.2, 0.25) is 0 Å². The van der Waals surface area contributed by atoms with Crippen molar-refractivity contribution in [3.63, 3.8) is 0 Å². The second kappa shape index (κ2) is 19.5. The van der Waals surface area contributed by atoms with Crippen molar-refractivity contribution in [2.24, 2.45) is 16.7 Å². The number of hydrogen-bond donors (Lipinski definition) is 2. The number of carbonyl (C=O) groups excluding carboxylic acids is 3. The highest BCUT2D eigenvalue weighted by molar-refractivity contribution is 7.99. The molecule has 0 bridgehead atoms. The maximum Gasteiger partial charge on any atom is 0.460 e. The third kappa shape index (κ3) is 13.4. The van der Waals surface area contributed by atoms with E-state index in [1.807, 2.05) is 6.92 Å². The Labute approximate surface area is 309 Å². The first-order valence-corrected chi connectivity index (χ1v) is 16.8. The molecule has 25 heteroatoms. The Morgan fingerprint density at radius 3 is 1.40 bits per heavy atom. The zero-order chi connectivity index (χ0) is 44.4. The fraction of sp³-hybridized carbons (Fsp3) is 0.867. The van der Waals surface area contributed by atoms with E-state index in [9.17, 15) is 90.1 Å². The summed E-state index contributed by atoms with van der Waals surface area (Å²) in [6.07, 6.45) is -10.8. The third-order valence-corrected chi connectivity index (χ3v) is 8.94. The third-order valence-electron chi connectivity index (χ3n) is 7.77. The standard InChI is InChI=1S/C15H15F15O2.C15H26O7S/c1-4-8(2,3)7(31)32-6-5-9(16,17)10(18,19)11(20,21)12(22,23)13(24,25)14(26,27)15(28,29)30;1-5-15(3,4)14(20)22-7-11(16)6-21-12(17)9-23-8-10(2)13(18)19/h4-6H2,1-3H3;10-11,16H,5-9H2,1-4H3,(H,18,19). The van der Waals surface area contributed by atoms with Gasteiger partial charge in [0.1, 0.15) is 19.3 Å². The molecule has 0 aliphatic rings. The number of ether oxygens (including phenoxy) is 3. The SMILES string of the molecule is CCC(C)(C)C(=O)OCC(O)COC(=O)CSCC(C)C(=O)O.CCC(C)(C)C(=O)OCCC(F)(F)C(F)(F)C(F)(F)C(F)(F)C(F)(F)C(F)(F)C(F)(F)F. The van der Waals surface area contributed by atoms with E-state index in [1.54, 1.807) is 20.8 Å². The minimum atomic E-state index is -8.33. The number of aliphatic carboxylic acids is 1. The van der Waals surface area contributed by atoms with Gasteiger partial charge in [-0.25, -0.2) is 0 Å². The molecule has 0 saturated heterocycles. The van der Waals surface area contributed by atoms with Crippen LogP contribution in [-0.4, -0.2) is 113 Å². The van der Waals surface area contributed by atoms with E-state index in [0.29, 0.717) is 12.2 Å². The molecule has 0 aliphatic heterocycles. The number of aliphatic hydroxyl groups excluding tert-OH is 1. The molecule has 0 aromatic heterocycles. The van der Waals surface area contributed by atoms with Gasteiger partial charge in [-0.2, -0.15) is 65.9 Å². The number of rotatable bonds is 21. The largest absolute Gasteiger partial charge is 0.481 e. The van der Waals surface area contributed by atoms with Gasteiger partial charge < -0.3 is 24.4 Å². The summed E-state index contributed by atoms with van der Waals surface area (Å²) >= 11 is 1.15. The van der Waals surface area contributed by atoms with Crippen molar-refractivity contribution in [3.05, 3.63) is 0 Å². The molecule has 0 aromatic carbocycles. The van der Waals surface area contributed by atoms with Crippen molar-refractivity contribution >= 4 is 35.6 Å². The average molecular weight is 863 g/mol. The first kappa shape index (κ1) is 54.2. The van der Waals surface area contributed by atoms with E-state index in [-0.39, 0.29) is 25.4 Å². The molecule has 0 fully saturated rings. The zero-order valence-electron chi connectivity index (χ0n) is 30.1. The summed E-state index contributed by atoms with van der Waals surface area (Å²) in [5.74, 6) is -50.2. The fourth-order valence-corrected chi connectivity index (χ4v) is 3.81. The van der Waals surface area contributed by atoms with Gasteiger partial charge >= 0.3 is 65.6 Å². The monoisotopic (exact) mass is 862 g/mol. The molecule has 0 heterocycles. The van der Waals surface area contributed by atoms with Gasteiger partial charge in [0.15, 0.2) is 0 Å². The van der Waals surface area contributed by atoms with Gasteiger partial charge in [-0.3, -0.25) is 19.2 Å². The Bertz CT molecular complexity index is 1290. The van der Waals surface area contributed by atoms with Gasteiger partial charge in [0.05, 0.1) is 35.5 Å². The molecule has 55 heavy (non-hydrogen) atoms.